The molecule has 0 atom stereocenters. The van der Waals surface area contributed by atoms with Crippen molar-refractivity contribution >= 4 is 56.7 Å². The Morgan fingerprint density at radius 1 is 1.06 bits per heavy atom. The van der Waals surface area contributed by atoms with Crippen molar-refractivity contribution in [1.29, 1.82) is 0 Å². The van der Waals surface area contributed by atoms with Crippen LogP contribution in [0.5, 0.6) is 5.75 Å². The number of nitrogens with two attached hydrogens (primary N) is 3. The summed E-state index contributed by atoms with van der Waals surface area (Å²) >= 11 is 1.21. The van der Waals surface area contributed by atoms with E-state index in [9.17, 15) is 19.2 Å². The van der Waals surface area contributed by atoms with Gasteiger partial charge in [0.2, 0.25) is 11.8 Å². The fourth-order valence-electron chi connectivity index (χ4n) is 4.74. The number of nitrogens with one attached hydrogen (secondary N) is 1. The molecule has 260 valence electrons. The van der Waals surface area contributed by atoms with Gasteiger partial charge in [-0.2, -0.15) is 10.1 Å². The maximum atomic E-state index is 13.2. The average molecular weight is 692 g/mol. The molecule has 3 amide bonds. The summed E-state index contributed by atoms with van der Waals surface area (Å²) in [6.45, 7) is 10.3. The minimum Gasteiger partial charge on any atom is -0.491 e. The van der Waals surface area contributed by atoms with Crippen molar-refractivity contribution < 1.29 is 28.7 Å². The molecule has 0 bridgehead atoms. The largest absolute Gasteiger partial charge is 0.491 e. The Kier molecular flexibility index (Phi) is 11.6. The van der Waals surface area contributed by atoms with Crippen molar-refractivity contribution in [2.45, 2.75) is 66.2 Å². The van der Waals surface area contributed by atoms with Gasteiger partial charge in [-0.25, -0.2) is 4.98 Å². The number of nitrogens with zero attached hydrogens (tertiary/aromatic N) is 5. The molecule has 0 aliphatic rings. The molecule has 0 saturated carbocycles. The summed E-state index contributed by atoms with van der Waals surface area (Å²) in [6.07, 6.45) is 5.61. The minimum atomic E-state index is -0.665. The first-order valence-electron chi connectivity index (χ1n) is 15.6. The number of carbonyl (C=O) groups is 4. The smallest absolute Gasteiger partial charge is 0.306 e. The van der Waals surface area contributed by atoms with E-state index in [0.29, 0.717) is 57.5 Å². The summed E-state index contributed by atoms with van der Waals surface area (Å²) in [4.78, 5) is 58.2. The van der Waals surface area contributed by atoms with Crippen LogP contribution in [-0.2, 0) is 22.6 Å². The van der Waals surface area contributed by atoms with Gasteiger partial charge in [-0.1, -0.05) is 23.5 Å². The number of aryl methyl sites for hydroxylation is 2. The highest BCUT2D eigenvalue weighted by Crippen LogP contribution is 2.33. The number of hydrogen-bond donors (Lipinski definition) is 4. The molecule has 1 aromatic carbocycles. The van der Waals surface area contributed by atoms with Crippen molar-refractivity contribution in [3.05, 3.63) is 69.9 Å². The summed E-state index contributed by atoms with van der Waals surface area (Å²) in [7, 11) is 0. The maximum Gasteiger partial charge on any atom is 0.306 e. The van der Waals surface area contributed by atoms with Crippen molar-refractivity contribution in [2.24, 2.45) is 16.5 Å². The number of amides is 3. The van der Waals surface area contributed by atoms with E-state index in [2.05, 4.69) is 20.4 Å². The van der Waals surface area contributed by atoms with Gasteiger partial charge in [0, 0.05) is 37.8 Å². The van der Waals surface area contributed by atoms with Crippen molar-refractivity contribution in [3.63, 3.8) is 0 Å². The van der Waals surface area contributed by atoms with E-state index >= 15 is 0 Å². The molecule has 15 nitrogen and oxygen atoms in total. The molecule has 0 aliphatic heterocycles. The standard InChI is InChI=1S/C33H41N9O6S/c1-6-42-23(14-19(2)40-42)31(46)39-32-41(30-25(49-32)17-21(18-38-30)29(36)45)12-8-7-11-37-27-22(34)15-20(28(35)44)16-24(27)47-13-9-10-26(43)48-33(3,4)5/h7-8,14-18,37H,6,9-13,34H2,1-5H3,(H2,35,44)(H2,36,45)/b8-7+,39-32-. The Morgan fingerprint density at radius 2 is 1.80 bits per heavy atom. The fraction of sp³-hybridized carbons (Fsp3) is 0.364. The Labute approximate surface area is 286 Å². The molecule has 0 aliphatic carbocycles. The topological polar surface area (TPSA) is 225 Å². The number of anilines is 2. The molecule has 4 aromatic rings. The molecule has 3 aromatic heterocycles. The number of esters is 1. The number of thiazole rings is 1. The van der Waals surface area contributed by atoms with Crippen molar-refractivity contribution in [1.82, 2.24) is 19.3 Å². The van der Waals surface area contributed by atoms with Crippen LogP contribution in [0.1, 0.15) is 77.4 Å². The predicted octanol–water partition coefficient (Wildman–Crippen LogP) is 3.31. The second-order valence-corrected chi connectivity index (χ2v) is 13.0. The van der Waals surface area contributed by atoms with Gasteiger partial charge in [0.1, 0.15) is 22.7 Å². The second kappa shape index (κ2) is 15.6. The number of fused-ring (bicyclic) bond motifs is 1. The number of aromatic nitrogens is 4. The van der Waals surface area contributed by atoms with Gasteiger partial charge < -0.3 is 32.0 Å². The number of pyridine rings is 1. The van der Waals surface area contributed by atoms with E-state index in [1.54, 1.807) is 49.1 Å². The third-order valence-electron chi connectivity index (χ3n) is 6.89. The minimum absolute atomic E-state index is 0.156. The molecule has 3 heterocycles. The number of rotatable bonds is 14. The van der Waals surface area contributed by atoms with Gasteiger partial charge in [-0.3, -0.25) is 28.4 Å². The Hall–Kier alpha value is -5.51. The number of benzene rings is 1. The molecule has 16 heteroatoms. The molecular formula is C33H41N9O6S. The lowest BCUT2D eigenvalue weighted by atomic mass is 10.1. The van der Waals surface area contributed by atoms with Crippen molar-refractivity contribution in [3.8, 4) is 5.75 Å². The lowest BCUT2D eigenvalue weighted by Gasteiger charge is -2.19. The van der Waals surface area contributed by atoms with Crippen LogP contribution in [0.4, 0.5) is 11.4 Å². The van der Waals surface area contributed by atoms with Gasteiger partial charge in [-0.05, 0) is 65.3 Å². The molecule has 49 heavy (non-hydrogen) atoms. The molecule has 0 saturated heterocycles. The van der Waals surface area contributed by atoms with E-state index in [0.717, 1.165) is 0 Å². The zero-order valence-electron chi connectivity index (χ0n) is 28.1. The molecule has 7 N–H and O–H groups in total. The van der Waals surface area contributed by atoms with Crippen LogP contribution < -0.4 is 32.1 Å². The third-order valence-corrected chi connectivity index (χ3v) is 7.91. The molecular weight excluding hydrogens is 650 g/mol. The molecule has 0 fully saturated rings. The third kappa shape index (κ3) is 9.53. The second-order valence-electron chi connectivity index (χ2n) is 12.0. The van der Waals surface area contributed by atoms with Crippen LogP contribution in [0.2, 0.25) is 0 Å². The highest BCUT2D eigenvalue weighted by atomic mass is 32.1. The van der Waals surface area contributed by atoms with E-state index in [1.165, 1.54) is 29.7 Å². The number of nitrogen functional groups attached to an aromatic ring is 1. The van der Waals surface area contributed by atoms with Gasteiger partial charge in [-0.15, -0.1) is 0 Å². The van der Waals surface area contributed by atoms with Gasteiger partial charge >= 0.3 is 5.97 Å². The number of carbonyl (C=O) groups excluding carboxylic acids is 4. The summed E-state index contributed by atoms with van der Waals surface area (Å²) in [5.74, 6) is -1.78. The quantitative estimate of drug-likeness (QED) is 0.0653. The predicted molar refractivity (Wildman–Crippen MR) is 186 cm³/mol. The summed E-state index contributed by atoms with van der Waals surface area (Å²) < 4.78 is 15.2. The summed E-state index contributed by atoms with van der Waals surface area (Å²) in [5.41, 5.74) is 19.3. The lowest BCUT2D eigenvalue weighted by molar-refractivity contribution is -0.155. The number of allylic oxidation sites excluding steroid dienone is 1. The average Bonchev–Trinajstić information content (AvgIpc) is 3.57. The van der Waals surface area contributed by atoms with Crippen LogP contribution in [0.25, 0.3) is 10.3 Å². The van der Waals surface area contributed by atoms with E-state index in [1.807, 2.05) is 19.1 Å². The Morgan fingerprint density at radius 3 is 2.47 bits per heavy atom. The molecule has 4 rings (SSSR count). The molecule has 0 radical (unpaired) electrons. The lowest BCUT2D eigenvalue weighted by Crippen LogP contribution is -2.24. The van der Waals surface area contributed by atoms with Gasteiger partial charge in [0.05, 0.1) is 28.3 Å². The maximum absolute atomic E-state index is 13.2. The van der Waals surface area contributed by atoms with Crippen LogP contribution in [0.3, 0.4) is 0 Å². The fourth-order valence-corrected chi connectivity index (χ4v) is 5.78. The highest BCUT2D eigenvalue weighted by molar-refractivity contribution is 7.16. The Balaban J connectivity index is 1.53. The number of ether oxygens (including phenoxy) is 2. The number of primary amides is 2. The summed E-state index contributed by atoms with van der Waals surface area (Å²) in [6, 6.07) is 6.25. The first-order chi connectivity index (χ1) is 23.2. The van der Waals surface area contributed by atoms with E-state index in [4.69, 9.17) is 26.7 Å². The first kappa shape index (κ1) is 36.3. The SMILES string of the molecule is CCn1nc(C)cc1C(=O)/N=c1\sc2cc(C(N)=O)cnc2n1C/C=C/CNc1c(N)cc(C(N)=O)cc1OCCCC(=O)OC(C)(C)C. The normalized spacial score (nSPS) is 12.1. The molecule has 0 spiro atoms. The van der Waals surface area contributed by atoms with Crippen LogP contribution in [0.15, 0.2) is 47.6 Å². The Bertz CT molecular complexity index is 1980. The number of hydrogen-bond acceptors (Lipinski definition) is 11. The highest BCUT2D eigenvalue weighted by Gasteiger charge is 2.18. The van der Waals surface area contributed by atoms with Crippen LogP contribution >= 0.6 is 11.3 Å². The van der Waals surface area contributed by atoms with Crippen molar-refractivity contribution in [2.75, 3.05) is 24.2 Å². The molecule has 0 unspecified atom stereocenters. The van der Waals surface area contributed by atoms with Gasteiger partial charge in [0.15, 0.2) is 10.4 Å². The van der Waals surface area contributed by atoms with Crippen LogP contribution in [0, 0.1) is 6.92 Å². The zero-order valence-corrected chi connectivity index (χ0v) is 28.9. The van der Waals surface area contributed by atoms with Gasteiger partial charge in [0.25, 0.3) is 5.91 Å². The zero-order chi connectivity index (χ0) is 35.9. The monoisotopic (exact) mass is 691 g/mol. The summed E-state index contributed by atoms with van der Waals surface area (Å²) in [5, 5.41) is 7.55. The first-order valence-corrected chi connectivity index (χ1v) is 16.4. The van der Waals surface area contributed by atoms with Crippen LogP contribution in [-0.4, -0.2) is 61.8 Å². The van der Waals surface area contributed by atoms with E-state index in [-0.39, 0.29) is 42.4 Å². The van der Waals surface area contributed by atoms with E-state index < -0.39 is 23.3 Å².